The van der Waals surface area contributed by atoms with Crippen LogP contribution >= 0.6 is 0 Å². The minimum absolute atomic E-state index is 0. The van der Waals surface area contributed by atoms with Crippen LogP contribution in [0.5, 0.6) is 11.5 Å². The van der Waals surface area contributed by atoms with Gasteiger partial charge in [0, 0.05) is 23.5 Å². The zero-order chi connectivity index (χ0) is 17.7. The standard InChI is InChI=1S/C18H23NO5.2Na/c1-18(17(22)23)9-7-13(8-10-18)19-16(21)6-4-12-3-5-14(20)15(11-12)24-2;;/h3-6,11,13,20H,7-10H2,1-2H3,(H,19,21)(H,22,23);;/q;2*+1/p-2. The minimum Gasteiger partial charge on any atom is -0.870 e. The Labute approximate surface area is 198 Å². The largest absolute Gasteiger partial charge is 1.00 e. The SMILES string of the molecule is COc1cc(C=CC(=O)NC2CCC(C)(C(=O)[O-])CC2)ccc1[O-].[Na+].[Na+]. The summed E-state index contributed by atoms with van der Waals surface area (Å²) in [6.45, 7) is 1.69. The molecule has 2 rings (SSSR count). The van der Waals surface area contributed by atoms with Crippen LogP contribution in [0.3, 0.4) is 0 Å². The third kappa shape index (κ3) is 6.91. The van der Waals surface area contributed by atoms with Crippen molar-refractivity contribution in [3.05, 3.63) is 29.8 Å². The number of carboxylic acids is 1. The van der Waals surface area contributed by atoms with Gasteiger partial charge >= 0.3 is 59.1 Å². The van der Waals surface area contributed by atoms with Crippen LogP contribution in [-0.2, 0) is 9.59 Å². The Morgan fingerprint density at radius 2 is 1.88 bits per heavy atom. The van der Waals surface area contributed by atoms with E-state index in [0.29, 0.717) is 31.2 Å². The number of amides is 1. The second-order valence-electron chi connectivity index (χ2n) is 6.37. The molecule has 0 spiro atoms. The first kappa shape index (κ1) is 25.5. The van der Waals surface area contributed by atoms with Gasteiger partial charge in [-0.1, -0.05) is 24.8 Å². The molecule has 1 amide bonds. The van der Waals surface area contributed by atoms with Crippen LogP contribution in [0.25, 0.3) is 6.08 Å². The topological polar surface area (TPSA) is 102 Å². The van der Waals surface area contributed by atoms with Crippen molar-refractivity contribution in [3.63, 3.8) is 0 Å². The van der Waals surface area contributed by atoms with Crippen LogP contribution in [0.15, 0.2) is 24.3 Å². The smallest absolute Gasteiger partial charge is 0.870 e. The second kappa shape index (κ2) is 11.4. The third-order valence-electron chi connectivity index (χ3n) is 4.54. The van der Waals surface area contributed by atoms with Crippen molar-refractivity contribution >= 4 is 18.0 Å². The Morgan fingerprint density at radius 3 is 2.42 bits per heavy atom. The molecule has 1 aliphatic rings. The molecule has 0 heterocycles. The van der Waals surface area contributed by atoms with Crippen LogP contribution in [-0.4, -0.2) is 25.0 Å². The van der Waals surface area contributed by atoms with Gasteiger partial charge in [0.15, 0.2) is 0 Å². The summed E-state index contributed by atoms with van der Waals surface area (Å²) < 4.78 is 4.95. The van der Waals surface area contributed by atoms with Gasteiger partial charge in [0.25, 0.3) is 0 Å². The van der Waals surface area contributed by atoms with Gasteiger partial charge in [0.2, 0.25) is 5.91 Å². The van der Waals surface area contributed by atoms with Crippen molar-refractivity contribution in [1.82, 2.24) is 5.32 Å². The van der Waals surface area contributed by atoms with Crippen molar-refractivity contribution < 1.29 is 83.7 Å². The zero-order valence-electron chi connectivity index (χ0n) is 15.8. The number of rotatable bonds is 5. The van der Waals surface area contributed by atoms with Crippen molar-refractivity contribution in [3.8, 4) is 11.5 Å². The maximum Gasteiger partial charge on any atom is 1.00 e. The van der Waals surface area contributed by atoms with Gasteiger partial charge in [-0.25, -0.2) is 0 Å². The number of hydrogen-bond donors (Lipinski definition) is 1. The van der Waals surface area contributed by atoms with E-state index < -0.39 is 11.4 Å². The minimum atomic E-state index is -1.03. The number of carboxylic acid groups (broad SMARTS) is 1. The van der Waals surface area contributed by atoms with E-state index in [-0.39, 0.29) is 82.6 Å². The summed E-state index contributed by atoms with van der Waals surface area (Å²) in [6, 6.07) is 4.53. The number of nitrogens with one attached hydrogen (secondary N) is 1. The number of benzene rings is 1. The summed E-state index contributed by atoms with van der Waals surface area (Å²) in [5.41, 5.74) is -0.108. The van der Waals surface area contributed by atoms with Gasteiger partial charge < -0.3 is 25.1 Å². The maximum atomic E-state index is 12.0. The molecule has 26 heavy (non-hydrogen) atoms. The van der Waals surface area contributed by atoms with Gasteiger partial charge in [-0.15, -0.1) is 0 Å². The molecule has 0 radical (unpaired) electrons. The molecule has 130 valence electrons. The van der Waals surface area contributed by atoms with Crippen LogP contribution in [0.1, 0.15) is 38.2 Å². The summed E-state index contributed by atoms with van der Waals surface area (Å²) in [5.74, 6) is -1.26. The number of ether oxygens (including phenoxy) is 1. The first-order valence-corrected chi connectivity index (χ1v) is 7.89. The summed E-state index contributed by atoms with van der Waals surface area (Å²) in [6.07, 6.45) is 5.21. The normalized spacial score (nSPS) is 22.0. The van der Waals surface area contributed by atoms with Gasteiger partial charge in [0.1, 0.15) is 5.75 Å². The van der Waals surface area contributed by atoms with Crippen molar-refractivity contribution in [2.24, 2.45) is 5.41 Å². The van der Waals surface area contributed by atoms with E-state index in [1.807, 2.05) is 0 Å². The van der Waals surface area contributed by atoms with Crippen molar-refractivity contribution in [1.29, 1.82) is 0 Å². The molecule has 1 aliphatic carbocycles. The molecule has 0 saturated heterocycles. The van der Waals surface area contributed by atoms with E-state index in [1.54, 1.807) is 25.1 Å². The molecule has 1 saturated carbocycles. The molecular weight excluding hydrogens is 356 g/mol. The number of aliphatic carboxylic acids is 1. The maximum absolute atomic E-state index is 12.0. The monoisotopic (exact) mass is 377 g/mol. The number of methoxy groups -OCH3 is 1. The molecule has 1 fully saturated rings. The predicted molar refractivity (Wildman–Crippen MR) is 85.0 cm³/mol. The number of carbonyl (C=O) groups is 2. The Bertz CT molecular complexity index is 655. The van der Waals surface area contributed by atoms with E-state index in [9.17, 15) is 19.8 Å². The van der Waals surface area contributed by atoms with Gasteiger partial charge in [-0.05, 0) is 43.4 Å². The van der Waals surface area contributed by atoms with E-state index in [0.717, 1.165) is 0 Å². The first-order chi connectivity index (χ1) is 11.3. The summed E-state index contributed by atoms with van der Waals surface area (Å²) in [7, 11) is 1.42. The zero-order valence-corrected chi connectivity index (χ0v) is 19.8. The molecule has 6 nitrogen and oxygen atoms in total. The van der Waals surface area contributed by atoms with Crippen LogP contribution in [0, 0.1) is 5.41 Å². The molecule has 0 atom stereocenters. The molecule has 0 unspecified atom stereocenters. The quantitative estimate of drug-likeness (QED) is 0.408. The molecule has 1 aromatic rings. The predicted octanol–water partition coefficient (Wildman–Crippen LogP) is -5.39. The molecule has 0 aromatic heterocycles. The Balaban J connectivity index is 0.00000312. The van der Waals surface area contributed by atoms with Gasteiger partial charge in [-0.3, -0.25) is 4.79 Å². The molecule has 1 N–H and O–H groups in total. The molecule has 1 aromatic carbocycles. The van der Waals surface area contributed by atoms with Crippen LogP contribution < -0.4 is 79.4 Å². The fraction of sp³-hybridized carbons (Fsp3) is 0.444. The molecule has 0 bridgehead atoms. The number of hydrogen-bond acceptors (Lipinski definition) is 5. The van der Waals surface area contributed by atoms with E-state index in [2.05, 4.69) is 5.32 Å². The first-order valence-electron chi connectivity index (χ1n) is 7.89. The Kier molecular flexibility index (Phi) is 11.1. The van der Waals surface area contributed by atoms with E-state index in [1.165, 1.54) is 19.3 Å². The number of carbonyl (C=O) groups excluding carboxylic acids is 2. The second-order valence-corrected chi connectivity index (χ2v) is 6.37. The van der Waals surface area contributed by atoms with Gasteiger partial charge in [-0.2, -0.15) is 0 Å². The fourth-order valence-electron chi connectivity index (χ4n) is 2.81. The summed E-state index contributed by atoms with van der Waals surface area (Å²) >= 11 is 0. The van der Waals surface area contributed by atoms with Gasteiger partial charge in [0.05, 0.1) is 7.11 Å². The Hall–Kier alpha value is -0.500. The molecule has 0 aliphatic heterocycles. The average Bonchev–Trinajstić information content (AvgIpc) is 2.56. The van der Waals surface area contributed by atoms with E-state index >= 15 is 0 Å². The summed E-state index contributed by atoms with van der Waals surface area (Å²) in [5, 5.41) is 25.4. The fourth-order valence-corrected chi connectivity index (χ4v) is 2.81. The third-order valence-corrected chi connectivity index (χ3v) is 4.54. The van der Waals surface area contributed by atoms with Crippen LogP contribution in [0.4, 0.5) is 0 Å². The average molecular weight is 377 g/mol. The molecular formula is C18H21NNa2O5. The van der Waals surface area contributed by atoms with Crippen molar-refractivity contribution in [2.45, 2.75) is 38.6 Å². The Morgan fingerprint density at radius 1 is 1.27 bits per heavy atom. The van der Waals surface area contributed by atoms with Crippen LogP contribution in [0.2, 0.25) is 0 Å². The molecule has 8 heteroatoms. The summed E-state index contributed by atoms with van der Waals surface area (Å²) in [4.78, 5) is 23.1. The van der Waals surface area contributed by atoms with Crippen molar-refractivity contribution in [2.75, 3.05) is 7.11 Å². The van der Waals surface area contributed by atoms with E-state index in [4.69, 9.17) is 4.74 Å².